The minimum atomic E-state index is 1.10. The molecule has 0 aromatic heterocycles. The largest absolute Gasteiger partial charge is 0.0591 e. The van der Waals surface area contributed by atoms with Crippen LogP contribution in [0.2, 0.25) is 0 Å². The zero-order valence-electron chi connectivity index (χ0n) is 15.7. The van der Waals surface area contributed by atoms with Crippen LogP contribution in [0.15, 0.2) is 54.6 Å². The van der Waals surface area contributed by atoms with E-state index in [9.17, 15) is 0 Å². The van der Waals surface area contributed by atoms with Crippen LogP contribution in [0.1, 0.15) is 33.4 Å². The number of hydrogen-bond donors (Lipinski definition) is 0. The maximum Gasteiger partial charge on any atom is 0.0298 e. The topological polar surface area (TPSA) is 0 Å². The van der Waals surface area contributed by atoms with Crippen molar-refractivity contribution in [2.24, 2.45) is 0 Å². The van der Waals surface area contributed by atoms with E-state index in [-0.39, 0.29) is 0 Å². The SMILES string of the molecule is Cc1ccc(CCc2ccc(CCc3ccc(C)c(I)c3I)cc2I)cc1. The van der Waals surface area contributed by atoms with Gasteiger partial charge in [0.05, 0.1) is 0 Å². The first kappa shape index (κ1) is 21.6. The molecular weight excluding hydrogens is 669 g/mol. The molecule has 0 spiro atoms. The van der Waals surface area contributed by atoms with Crippen LogP contribution in [-0.2, 0) is 25.7 Å². The Morgan fingerprint density at radius 2 is 1.19 bits per heavy atom. The van der Waals surface area contributed by atoms with E-state index < -0.39 is 0 Å². The second kappa shape index (κ2) is 10.1. The lowest BCUT2D eigenvalue weighted by Gasteiger charge is -2.11. The van der Waals surface area contributed by atoms with Gasteiger partial charge in [-0.1, -0.05) is 54.1 Å². The van der Waals surface area contributed by atoms with Gasteiger partial charge in [0, 0.05) is 10.7 Å². The lowest BCUT2D eigenvalue weighted by Crippen LogP contribution is -1.99. The van der Waals surface area contributed by atoms with E-state index in [0.29, 0.717) is 0 Å². The van der Waals surface area contributed by atoms with Crippen LogP contribution in [0.5, 0.6) is 0 Å². The Morgan fingerprint density at radius 3 is 1.89 bits per heavy atom. The monoisotopic (exact) mass is 692 g/mol. The van der Waals surface area contributed by atoms with Crippen LogP contribution in [0, 0.1) is 24.6 Å². The van der Waals surface area contributed by atoms with Gasteiger partial charge in [0.15, 0.2) is 0 Å². The van der Waals surface area contributed by atoms with Crippen molar-refractivity contribution >= 4 is 67.8 Å². The summed E-state index contributed by atoms with van der Waals surface area (Å²) in [5.41, 5.74) is 8.48. The van der Waals surface area contributed by atoms with Crippen LogP contribution in [0.25, 0.3) is 0 Å². The Bertz CT molecular complexity index is 927. The summed E-state index contributed by atoms with van der Waals surface area (Å²) < 4.78 is 4.20. The van der Waals surface area contributed by atoms with Gasteiger partial charge in [-0.15, -0.1) is 0 Å². The standard InChI is InChI=1S/C24H23I3/c1-16-3-6-18(7-4-16)8-12-20-13-9-19(15-22(20)25)10-14-21-11-5-17(2)23(26)24(21)27/h3-7,9,11,13,15H,8,10,12,14H2,1-2H3. The van der Waals surface area contributed by atoms with Gasteiger partial charge in [0.2, 0.25) is 0 Å². The highest BCUT2D eigenvalue weighted by Gasteiger charge is 2.08. The fourth-order valence-electron chi connectivity index (χ4n) is 3.14. The second-order valence-electron chi connectivity index (χ2n) is 7.08. The molecule has 3 heteroatoms. The molecule has 0 saturated carbocycles. The normalized spacial score (nSPS) is 11.0. The number of benzene rings is 3. The van der Waals surface area contributed by atoms with Gasteiger partial charge < -0.3 is 0 Å². The molecule has 0 N–H and O–H groups in total. The third-order valence-electron chi connectivity index (χ3n) is 4.96. The van der Waals surface area contributed by atoms with Gasteiger partial charge in [-0.05, 0) is 141 Å². The van der Waals surface area contributed by atoms with Crippen LogP contribution < -0.4 is 0 Å². The predicted octanol–water partition coefficient (Wildman–Crippen LogP) is 7.69. The van der Waals surface area contributed by atoms with E-state index in [1.165, 1.54) is 44.1 Å². The maximum absolute atomic E-state index is 2.50. The molecule has 3 aromatic carbocycles. The van der Waals surface area contributed by atoms with E-state index in [1.807, 2.05) is 0 Å². The zero-order chi connectivity index (χ0) is 19.4. The van der Waals surface area contributed by atoms with E-state index in [2.05, 4.69) is 136 Å². The van der Waals surface area contributed by atoms with Gasteiger partial charge in [-0.25, -0.2) is 0 Å². The quantitative estimate of drug-likeness (QED) is 0.233. The summed E-state index contributed by atoms with van der Waals surface area (Å²) in [6.07, 6.45) is 4.42. The molecule has 0 atom stereocenters. The molecular formula is C24H23I3. The lowest BCUT2D eigenvalue weighted by atomic mass is 9.99. The highest BCUT2D eigenvalue weighted by atomic mass is 127. The molecule has 0 amide bonds. The number of halogens is 3. The summed E-state index contributed by atoms with van der Waals surface area (Å²) >= 11 is 7.46. The first-order valence-corrected chi connectivity index (χ1v) is 12.4. The van der Waals surface area contributed by atoms with E-state index in [0.717, 1.165) is 25.7 Å². The highest BCUT2D eigenvalue weighted by molar-refractivity contribution is 14.1. The third kappa shape index (κ3) is 5.92. The Labute approximate surface area is 204 Å². The fraction of sp³-hybridized carbons (Fsp3) is 0.250. The molecule has 0 unspecified atom stereocenters. The molecule has 27 heavy (non-hydrogen) atoms. The van der Waals surface area contributed by atoms with Crippen molar-refractivity contribution in [3.8, 4) is 0 Å². The van der Waals surface area contributed by atoms with Crippen molar-refractivity contribution in [2.75, 3.05) is 0 Å². The first-order valence-electron chi connectivity index (χ1n) is 9.20. The van der Waals surface area contributed by atoms with Crippen molar-refractivity contribution in [1.82, 2.24) is 0 Å². The van der Waals surface area contributed by atoms with E-state index in [4.69, 9.17) is 0 Å². The van der Waals surface area contributed by atoms with Gasteiger partial charge in [-0.2, -0.15) is 0 Å². The Kier molecular flexibility index (Phi) is 8.03. The third-order valence-corrected chi connectivity index (χ3v) is 9.62. The fourth-order valence-corrected chi connectivity index (χ4v) is 5.39. The summed E-state index contributed by atoms with van der Waals surface area (Å²) in [6.45, 7) is 4.33. The first-order chi connectivity index (χ1) is 12.9. The molecule has 0 saturated heterocycles. The van der Waals surface area contributed by atoms with Crippen LogP contribution >= 0.6 is 67.8 Å². The molecule has 140 valence electrons. The summed E-state index contributed by atoms with van der Waals surface area (Å²) in [5.74, 6) is 0. The lowest BCUT2D eigenvalue weighted by molar-refractivity contribution is 0.929. The minimum absolute atomic E-state index is 1.10. The summed E-state index contributed by atoms with van der Waals surface area (Å²) in [6, 6.07) is 20.5. The minimum Gasteiger partial charge on any atom is -0.0591 e. The van der Waals surface area contributed by atoms with Crippen molar-refractivity contribution < 1.29 is 0 Å². The Morgan fingerprint density at radius 1 is 0.593 bits per heavy atom. The molecule has 0 radical (unpaired) electrons. The molecule has 3 aromatic rings. The summed E-state index contributed by atoms with van der Waals surface area (Å²) in [4.78, 5) is 0. The smallest absolute Gasteiger partial charge is 0.0298 e. The zero-order valence-corrected chi connectivity index (χ0v) is 22.1. The van der Waals surface area contributed by atoms with Crippen LogP contribution in [0.3, 0.4) is 0 Å². The molecule has 0 aliphatic rings. The number of aryl methyl sites for hydroxylation is 6. The van der Waals surface area contributed by atoms with Gasteiger partial charge in [0.1, 0.15) is 0 Å². The Hall–Kier alpha value is -0.150. The average molecular weight is 692 g/mol. The second-order valence-corrected chi connectivity index (χ2v) is 10.4. The molecule has 3 rings (SSSR count). The van der Waals surface area contributed by atoms with Crippen molar-refractivity contribution in [3.05, 3.63) is 98.7 Å². The molecule has 0 nitrogen and oxygen atoms in total. The van der Waals surface area contributed by atoms with Gasteiger partial charge >= 0.3 is 0 Å². The van der Waals surface area contributed by atoms with Crippen LogP contribution in [0.4, 0.5) is 0 Å². The predicted molar refractivity (Wildman–Crippen MR) is 142 cm³/mol. The molecule has 0 bridgehead atoms. The maximum atomic E-state index is 2.50. The molecule has 0 aliphatic heterocycles. The summed E-state index contributed by atoms with van der Waals surface area (Å²) in [5, 5.41) is 0. The van der Waals surface area contributed by atoms with Crippen molar-refractivity contribution in [2.45, 2.75) is 39.5 Å². The van der Waals surface area contributed by atoms with Gasteiger partial charge in [-0.3, -0.25) is 0 Å². The molecule has 0 fully saturated rings. The summed E-state index contributed by atoms with van der Waals surface area (Å²) in [7, 11) is 0. The van der Waals surface area contributed by atoms with E-state index in [1.54, 1.807) is 0 Å². The molecule has 0 aliphatic carbocycles. The number of hydrogen-bond acceptors (Lipinski definition) is 0. The average Bonchev–Trinajstić information content (AvgIpc) is 2.66. The number of rotatable bonds is 6. The Balaban J connectivity index is 1.62. The van der Waals surface area contributed by atoms with Crippen molar-refractivity contribution in [1.29, 1.82) is 0 Å². The van der Waals surface area contributed by atoms with Crippen LogP contribution in [-0.4, -0.2) is 0 Å². The highest BCUT2D eigenvalue weighted by Crippen LogP contribution is 2.25. The van der Waals surface area contributed by atoms with E-state index >= 15 is 0 Å². The van der Waals surface area contributed by atoms with Gasteiger partial charge in [0.25, 0.3) is 0 Å². The molecule has 0 heterocycles. The van der Waals surface area contributed by atoms with Crippen molar-refractivity contribution in [3.63, 3.8) is 0 Å².